The minimum absolute atomic E-state index is 0.0124. The molecular formula is C13H17BrN2OS. The Kier molecular flexibility index (Phi) is 4.56. The first-order valence-corrected chi connectivity index (χ1v) is 8.08. The molecule has 1 aliphatic rings. The number of rotatable bonds is 3. The number of amides is 1. The van der Waals surface area contributed by atoms with Gasteiger partial charge in [0.15, 0.2) is 0 Å². The molecule has 2 unspecified atom stereocenters. The van der Waals surface area contributed by atoms with Crippen molar-refractivity contribution in [3.8, 4) is 0 Å². The molecule has 1 aliphatic carbocycles. The van der Waals surface area contributed by atoms with Crippen LogP contribution >= 0.6 is 27.7 Å². The fourth-order valence-electron chi connectivity index (χ4n) is 2.29. The molecule has 0 aromatic heterocycles. The number of hydrogen-bond donors (Lipinski definition) is 2. The van der Waals surface area contributed by atoms with Gasteiger partial charge in [-0.05, 0) is 53.2 Å². The van der Waals surface area contributed by atoms with Crippen LogP contribution in [0, 0.1) is 0 Å². The molecule has 5 heteroatoms. The normalized spacial score (nSPS) is 23.0. The van der Waals surface area contributed by atoms with Gasteiger partial charge in [-0.2, -0.15) is 11.8 Å². The van der Waals surface area contributed by atoms with Crippen LogP contribution in [0.4, 0.5) is 5.69 Å². The largest absolute Gasteiger partial charge is 0.398 e. The summed E-state index contributed by atoms with van der Waals surface area (Å²) in [4.78, 5) is 12.1. The highest BCUT2D eigenvalue weighted by atomic mass is 79.9. The van der Waals surface area contributed by atoms with Gasteiger partial charge in [-0.25, -0.2) is 0 Å². The minimum atomic E-state index is -0.0124. The third-order valence-electron chi connectivity index (χ3n) is 3.33. The molecule has 1 fully saturated rings. The van der Waals surface area contributed by atoms with Crippen molar-refractivity contribution < 1.29 is 4.79 Å². The summed E-state index contributed by atoms with van der Waals surface area (Å²) in [6.45, 7) is 0. The monoisotopic (exact) mass is 328 g/mol. The van der Waals surface area contributed by atoms with Gasteiger partial charge in [0.2, 0.25) is 0 Å². The molecule has 0 saturated heterocycles. The Labute approximate surface area is 120 Å². The molecule has 2 atom stereocenters. The Morgan fingerprint density at radius 3 is 2.94 bits per heavy atom. The fraction of sp³-hybridized carbons (Fsp3) is 0.462. The second-order valence-corrected chi connectivity index (χ2v) is 6.45. The number of nitrogens with one attached hydrogen (secondary N) is 1. The van der Waals surface area contributed by atoms with Crippen LogP contribution < -0.4 is 11.1 Å². The summed E-state index contributed by atoms with van der Waals surface area (Å²) in [5.41, 5.74) is 7.02. The lowest BCUT2D eigenvalue weighted by atomic mass is 10.1. The Hall–Kier alpha value is -0.680. The van der Waals surface area contributed by atoms with Gasteiger partial charge in [-0.1, -0.05) is 6.42 Å². The molecule has 0 heterocycles. The molecule has 2 rings (SSSR count). The Bertz CT molecular complexity index is 453. The van der Waals surface area contributed by atoms with Crippen LogP contribution in [0.5, 0.6) is 0 Å². The van der Waals surface area contributed by atoms with Gasteiger partial charge in [-0.3, -0.25) is 4.79 Å². The molecule has 3 N–H and O–H groups in total. The van der Waals surface area contributed by atoms with Crippen LogP contribution in [-0.2, 0) is 0 Å². The number of halogens is 1. The second-order valence-electron chi connectivity index (χ2n) is 4.52. The van der Waals surface area contributed by atoms with Crippen LogP contribution in [0.15, 0.2) is 22.7 Å². The summed E-state index contributed by atoms with van der Waals surface area (Å²) < 4.78 is 0.767. The van der Waals surface area contributed by atoms with Crippen molar-refractivity contribution in [1.82, 2.24) is 5.32 Å². The van der Waals surface area contributed by atoms with E-state index in [1.165, 1.54) is 12.8 Å². The molecule has 98 valence electrons. The standard InChI is InChI=1S/C13H17BrN2OS/c1-18-12-4-2-3-11(12)16-13(17)8-5-6-10(15)9(14)7-8/h5-7,11-12H,2-4,15H2,1H3,(H,16,17). The zero-order valence-corrected chi connectivity index (χ0v) is 12.7. The van der Waals surface area contributed by atoms with Gasteiger partial charge in [0, 0.05) is 27.0 Å². The number of benzene rings is 1. The average Bonchev–Trinajstić information content (AvgIpc) is 2.79. The van der Waals surface area contributed by atoms with Gasteiger partial charge in [0.05, 0.1) is 0 Å². The summed E-state index contributed by atoms with van der Waals surface area (Å²) in [5.74, 6) is -0.0124. The van der Waals surface area contributed by atoms with Gasteiger partial charge < -0.3 is 11.1 Å². The fourth-order valence-corrected chi connectivity index (χ4v) is 3.61. The van der Waals surface area contributed by atoms with E-state index < -0.39 is 0 Å². The van der Waals surface area contributed by atoms with Crippen molar-refractivity contribution in [2.24, 2.45) is 0 Å². The first kappa shape index (κ1) is 13.7. The zero-order chi connectivity index (χ0) is 13.1. The lowest BCUT2D eigenvalue weighted by Crippen LogP contribution is -2.38. The number of anilines is 1. The van der Waals surface area contributed by atoms with Crippen LogP contribution in [0.2, 0.25) is 0 Å². The predicted octanol–water partition coefficient (Wildman–Crippen LogP) is 3.05. The molecule has 0 bridgehead atoms. The van der Waals surface area contributed by atoms with Crippen molar-refractivity contribution in [2.45, 2.75) is 30.6 Å². The molecule has 1 aromatic carbocycles. The van der Waals surface area contributed by atoms with Gasteiger partial charge >= 0.3 is 0 Å². The number of nitrogens with two attached hydrogens (primary N) is 1. The van der Waals surface area contributed by atoms with Crippen molar-refractivity contribution in [2.75, 3.05) is 12.0 Å². The van der Waals surface area contributed by atoms with E-state index in [1.54, 1.807) is 18.2 Å². The average molecular weight is 329 g/mol. The molecule has 0 spiro atoms. The summed E-state index contributed by atoms with van der Waals surface area (Å²) in [7, 11) is 0. The number of carbonyl (C=O) groups excluding carboxylic acids is 1. The molecule has 1 amide bonds. The summed E-state index contributed by atoms with van der Waals surface area (Å²) in [5, 5.41) is 3.67. The quantitative estimate of drug-likeness (QED) is 0.838. The number of nitrogen functional groups attached to an aromatic ring is 1. The smallest absolute Gasteiger partial charge is 0.251 e. The summed E-state index contributed by atoms with van der Waals surface area (Å²) in [6, 6.07) is 5.58. The van der Waals surface area contributed by atoms with Crippen LogP contribution in [-0.4, -0.2) is 23.5 Å². The van der Waals surface area contributed by atoms with E-state index in [9.17, 15) is 4.79 Å². The van der Waals surface area contributed by atoms with Crippen molar-refractivity contribution in [3.05, 3.63) is 28.2 Å². The van der Waals surface area contributed by atoms with Crippen molar-refractivity contribution in [3.63, 3.8) is 0 Å². The van der Waals surface area contributed by atoms with Gasteiger partial charge in [-0.15, -0.1) is 0 Å². The minimum Gasteiger partial charge on any atom is -0.398 e. The van der Waals surface area contributed by atoms with Crippen molar-refractivity contribution >= 4 is 39.3 Å². The Balaban J connectivity index is 2.05. The third-order valence-corrected chi connectivity index (χ3v) is 5.19. The molecule has 1 saturated carbocycles. The van der Waals surface area contributed by atoms with Crippen LogP contribution in [0.1, 0.15) is 29.6 Å². The van der Waals surface area contributed by atoms with Crippen LogP contribution in [0.25, 0.3) is 0 Å². The highest BCUT2D eigenvalue weighted by Gasteiger charge is 2.27. The van der Waals surface area contributed by atoms with Crippen molar-refractivity contribution in [1.29, 1.82) is 0 Å². The highest BCUT2D eigenvalue weighted by molar-refractivity contribution is 9.10. The first-order valence-electron chi connectivity index (χ1n) is 6.00. The molecule has 1 aromatic rings. The van der Waals surface area contributed by atoms with E-state index in [0.717, 1.165) is 10.9 Å². The highest BCUT2D eigenvalue weighted by Crippen LogP contribution is 2.28. The lowest BCUT2D eigenvalue weighted by Gasteiger charge is -2.19. The Morgan fingerprint density at radius 2 is 2.28 bits per heavy atom. The van der Waals surface area contributed by atoms with E-state index in [0.29, 0.717) is 22.5 Å². The van der Waals surface area contributed by atoms with E-state index in [1.807, 2.05) is 11.8 Å². The Morgan fingerprint density at radius 1 is 1.50 bits per heavy atom. The summed E-state index contributed by atoms with van der Waals surface area (Å²) >= 11 is 5.18. The second kappa shape index (κ2) is 5.97. The van der Waals surface area contributed by atoms with Gasteiger partial charge in [0.1, 0.15) is 0 Å². The maximum atomic E-state index is 12.1. The van der Waals surface area contributed by atoms with E-state index in [-0.39, 0.29) is 5.91 Å². The molecule has 18 heavy (non-hydrogen) atoms. The van der Waals surface area contributed by atoms with E-state index in [2.05, 4.69) is 27.5 Å². The maximum absolute atomic E-state index is 12.1. The maximum Gasteiger partial charge on any atom is 0.251 e. The number of carbonyl (C=O) groups is 1. The predicted molar refractivity (Wildman–Crippen MR) is 81.0 cm³/mol. The number of thioether (sulfide) groups is 1. The SMILES string of the molecule is CSC1CCCC1NC(=O)c1ccc(N)c(Br)c1. The number of hydrogen-bond acceptors (Lipinski definition) is 3. The first-order chi connectivity index (χ1) is 8.61. The topological polar surface area (TPSA) is 55.1 Å². The van der Waals surface area contributed by atoms with Gasteiger partial charge in [0.25, 0.3) is 5.91 Å². The molecular weight excluding hydrogens is 312 g/mol. The third kappa shape index (κ3) is 3.01. The molecule has 0 radical (unpaired) electrons. The zero-order valence-electron chi connectivity index (χ0n) is 10.3. The van der Waals surface area contributed by atoms with E-state index >= 15 is 0 Å². The molecule has 0 aliphatic heterocycles. The molecule has 3 nitrogen and oxygen atoms in total. The van der Waals surface area contributed by atoms with E-state index in [4.69, 9.17) is 5.73 Å². The summed E-state index contributed by atoms with van der Waals surface area (Å²) in [6.07, 6.45) is 5.57. The lowest BCUT2D eigenvalue weighted by molar-refractivity contribution is 0.0938. The van der Waals surface area contributed by atoms with Crippen LogP contribution in [0.3, 0.4) is 0 Å².